The molecule has 22 heavy (non-hydrogen) atoms. The van der Waals surface area contributed by atoms with Crippen LogP contribution < -0.4 is 0 Å². The Balaban J connectivity index is 2.26. The van der Waals surface area contributed by atoms with E-state index in [0.29, 0.717) is 11.5 Å². The van der Waals surface area contributed by atoms with Crippen molar-refractivity contribution in [3.05, 3.63) is 41.6 Å². The standard InChI is InChI=1S/C18H21NO3/c1-11(20)17-16(12-6-4-5-7-12)14-9-8-13(18(21)22-3)10-15(14)19(17)2/h8-10,12,20H,1,4-7H2,2-3H3. The van der Waals surface area contributed by atoms with Crippen molar-refractivity contribution in [2.45, 2.75) is 31.6 Å². The first-order valence-electron chi connectivity index (χ1n) is 7.63. The fraction of sp³-hybridized carbons (Fsp3) is 0.389. The van der Waals surface area contributed by atoms with E-state index in [1.807, 2.05) is 23.7 Å². The summed E-state index contributed by atoms with van der Waals surface area (Å²) in [7, 11) is 3.28. The number of nitrogens with zero attached hydrogens (tertiary/aromatic N) is 1. The Morgan fingerprint density at radius 2 is 2.05 bits per heavy atom. The van der Waals surface area contributed by atoms with Gasteiger partial charge in [0.05, 0.1) is 18.4 Å². The van der Waals surface area contributed by atoms with Crippen molar-refractivity contribution in [3.63, 3.8) is 0 Å². The molecule has 4 nitrogen and oxygen atoms in total. The summed E-state index contributed by atoms with van der Waals surface area (Å²) < 4.78 is 6.72. The lowest BCUT2D eigenvalue weighted by Gasteiger charge is -2.12. The monoisotopic (exact) mass is 299 g/mol. The third-order valence-electron chi connectivity index (χ3n) is 4.70. The van der Waals surface area contributed by atoms with E-state index in [4.69, 9.17) is 4.74 Å². The van der Waals surface area contributed by atoms with Crippen LogP contribution >= 0.6 is 0 Å². The topological polar surface area (TPSA) is 51.5 Å². The van der Waals surface area contributed by atoms with Gasteiger partial charge in [0.25, 0.3) is 0 Å². The van der Waals surface area contributed by atoms with Gasteiger partial charge in [0.15, 0.2) is 0 Å². The molecule has 0 atom stereocenters. The molecule has 1 aromatic carbocycles. The van der Waals surface area contributed by atoms with Crippen LogP contribution in [0.15, 0.2) is 24.8 Å². The largest absolute Gasteiger partial charge is 0.506 e. The number of ether oxygens (including phenoxy) is 1. The third-order valence-corrected chi connectivity index (χ3v) is 4.70. The number of carbonyl (C=O) groups excluding carboxylic acids is 1. The quantitative estimate of drug-likeness (QED) is 0.684. The van der Waals surface area contributed by atoms with Crippen LogP contribution in [0.1, 0.15) is 53.2 Å². The fourth-order valence-electron chi connectivity index (χ4n) is 3.69. The Morgan fingerprint density at radius 3 is 2.64 bits per heavy atom. The maximum atomic E-state index is 11.8. The lowest BCUT2D eigenvalue weighted by Crippen LogP contribution is -2.01. The smallest absolute Gasteiger partial charge is 0.337 e. The number of aliphatic hydroxyl groups excluding tert-OH is 1. The van der Waals surface area contributed by atoms with E-state index in [1.54, 1.807) is 6.07 Å². The number of aliphatic hydroxyl groups is 1. The highest BCUT2D eigenvalue weighted by Crippen LogP contribution is 2.42. The molecule has 1 saturated carbocycles. The summed E-state index contributed by atoms with van der Waals surface area (Å²) >= 11 is 0. The molecule has 116 valence electrons. The van der Waals surface area contributed by atoms with Gasteiger partial charge in [0.2, 0.25) is 0 Å². The second-order valence-corrected chi connectivity index (χ2v) is 5.97. The highest BCUT2D eigenvalue weighted by Gasteiger charge is 2.27. The average Bonchev–Trinajstić information content (AvgIpc) is 3.12. The molecule has 1 heterocycles. The first-order chi connectivity index (χ1) is 10.5. The predicted molar refractivity (Wildman–Crippen MR) is 87.1 cm³/mol. The third kappa shape index (κ3) is 2.19. The van der Waals surface area contributed by atoms with Crippen LogP contribution in [0.3, 0.4) is 0 Å². The van der Waals surface area contributed by atoms with E-state index >= 15 is 0 Å². The molecule has 3 rings (SSSR count). The molecule has 0 spiro atoms. The van der Waals surface area contributed by atoms with Crippen molar-refractivity contribution in [3.8, 4) is 0 Å². The average molecular weight is 299 g/mol. The molecule has 0 amide bonds. The minimum Gasteiger partial charge on any atom is -0.506 e. The number of hydrogen-bond acceptors (Lipinski definition) is 3. The van der Waals surface area contributed by atoms with E-state index in [1.165, 1.54) is 25.5 Å². The normalized spacial score (nSPS) is 15.4. The molecule has 4 heteroatoms. The van der Waals surface area contributed by atoms with Crippen LogP contribution in [0, 0.1) is 0 Å². The number of benzene rings is 1. The summed E-state index contributed by atoms with van der Waals surface area (Å²) in [6.45, 7) is 3.73. The van der Waals surface area contributed by atoms with E-state index in [2.05, 4.69) is 6.58 Å². The molecular weight excluding hydrogens is 278 g/mol. The summed E-state index contributed by atoms with van der Waals surface area (Å²) in [5, 5.41) is 11.2. The second-order valence-electron chi connectivity index (χ2n) is 5.97. The van der Waals surface area contributed by atoms with Crippen molar-refractivity contribution in [1.82, 2.24) is 4.57 Å². The number of esters is 1. The van der Waals surface area contributed by atoms with Crippen LogP contribution in [0.4, 0.5) is 0 Å². The molecule has 0 unspecified atom stereocenters. The van der Waals surface area contributed by atoms with E-state index in [-0.39, 0.29) is 11.7 Å². The first kappa shape index (κ1) is 14.7. The second kappa shape index (κ2) is 5.52. The number of hydrogen-bond donors (Lipinski definition) is 1. The summed E-state index contributed by atoms with van der Waals surface area (Å²) in [5.74, 6) is 0.182. The number of aromatic nitrogens is 1. The molecule has 1 aliphatic rings. The summed E-state index contributed by atoms with van der Waals surface area (Å²) in [4.78, 5) is 11.8. The van der Waals surface area contributed by atoms with Gasteiger partial charge < -0.3 is 14.4 Å². The van der Waals surface area contributed by atoms with Crippen LogP contribution in [0.5, 0.6) is 0 Å². The summed E-state index contributed by atoms with van der Waals surface area (Å²) in [5.41, 5.74) is 3.39. The molecule has 2 aromatic rings. The number of rotatable bonds is 3. The van der Waals surface area contributed by atoms with E-state index < -0.39 is 0 Å². The number of carbonyl (C=O) groups is 1. The Bertz CT molecular complexity index is 751. The number of aryl methyl sites for hydroxylation is 1. The van der Waals surface area contributed by atoms with Gasteiger partial charge >= 0.3 is 5.97 Å². The number of fused-ring (bicyclic) bond motifs is 1. The van der Waals surface area contributed by atoms with Crippen molar-refractivity contribution in [1.29, 1.82) is 0 Å². The van der Waals surface area contributed by atoms with Crippen LogP contribution in [0.25, 0.3) is 16.7 Å². The Hall–Kier alpha value is -2.23. The molecule has 1 aromatic heterocycles. The van der Waals surface area contributed by atoms with Crippen LogP contribution in [-0.2, 0) is 11.8 Å². The lowest BCUT2D eigenvalue weighted by atomic mass is 9.93. The molecular formula is C18H21NO3. The van der Waals surface area contributed by atoms with Gasteiger partial charge in [0.1, 0.15) is 5.76 Å². The van der Waals surface area contributed by atoms with Crippen LogP contribution in [-0.4, -0.2) is 22.8 Å². The van der Waals surface area contributed by atoms with Gasteiger partial charge in [-0.3, -0.25) is 0 Å². The SMILES string of the molecule is C=C(O)c1c(C2CCCC2)c2ccc(C(=O)OC)cc2n1C. The van der Waals surface area contributed by atoms with Crippen molar-refractivity contribution >= 4 is 22.6 Å². The van der Waals surface area contributed by atoms with E-state index in [9.17, 15) is 9.90 Å². The van der Waals surface area contributed by atoms with Crippen molar-refractivity contribution in [2.24, 2.45) is 7.05 Å². The minimum atomic E-state index is -0.352. The fourth-order valence-corrected chi connectivity index (χ4v) is 3.69. The molecule has 1 aliphatic carbocycles. The Morgan fingerprint density at radius 1 is 1.36 bits per heavy atom. The highest BCUT2D eigenvalue weighted by atomic mass is 16.5. The molecule has 0 saturated heterocycles. The van der Waals surface area contributed by atoms with E-state index in [0.717, 1.165) is 29.4 Å². The van der Waals surface area contributed by atoms with Crippen molar-refractivity contribution < 1.29 is 14.6 Å². The molecule has 0 aliphatic heterocycles. The zero-order valence-corrected chi connectivity index (χ0v) is 13.1. The zero-order chi connectivity index (χ0) is 15.9. The number of methoxy groups -OCH3 is 1. The summed E-state index contributed by atoms with van der Waals surface area (Å²) in [6.07, 6.45) is 4.72. The lowest BCUT2D eigenvalue weighted by molar-refractivity contribution is 0.0601. The van der Waals surface area contributed by atoms with Gasteiger partial charge in [-0.15, -0.1) is 0 Å². The molecule has 0 bridgehead atoms. The first-order valence-corrected chi connectivity index (χ1v) is 7.63. The maximum absolute atomic E-state index is 11.8. The van der Waals surface area contributed by atoms with Gasteiger partial charge in [-0.25, -0.2) is 4.79 Å². The van der Waals surface area contributed by atoms with Gasteiger partial charge in [0, 0.05) is 18.0 Å². The Kier molecular flexibility index (Phi) is 3.69. The summed E-state index contributed by atoms with van der Waals surface area (Å²) in [6, 6.07) is 5.57. The Labute approximate surface area is 130 Å². The van der Waals surface area contributed by atoms with Gasteiger partial charge in [-0.2, -0.15) is 0 Å². The maximum Gasteiger partial charge on any atom is 0.337 e. The predicted octanol–water partition coefficient (Wildman–Crippen LogP) is 4.15. The zero-order valence-electron chi connectivity index (χ0n) is 13.1. The molecule has 1 fully saturated rings. The molecule has 0 radical (unpaired) electrons. The van der Waals surface area contributed by atoms with Gasteiger partial charge in [-0.05, 0) is 36.5 Å². The minimum absolute atomic E-state index is 0.0835. The van der Waals surface area contributed by atoms with Crippen molar-refractivity contribution in [2.75, 3.05) is 7.11 Å². The van der Waals surface area contributed by atoms with Crippen LogP contribution in [0.2, 0.25) is 0 Å². The highest BCUT2D eigenvalue weighted by molar-refractivity contribution is 5.97. The van der Waals surface area contributed by atoms with Gasteiger partial charge in [-0.1, -0.05) is 25.5 Å². The molecule has 1 N–H and O–H groups in total.